The summed E-state index contributed by atoms with van der Waals surface area (Å²) < 4.78 is 37.1. The van der Waals surface area contributed by atoms with Crippen LogP contribution in [-0.2, 0) is 0 Å². The molecule has 1 nitrogen and oxygen atoms in total. The fourth-order valence-corrected chi connectivity index (χ4v) is 2.15. The van der Waals surface area contributed by atoms with Crippen LogP contribution < -0.4 is 5.73 Å². The first-order valence-corrected chi connectivity index (χ1v) is 5.53. The largest absolute Gasteiger partial charge is 0.390 e. The summed E-state index contributed by atoms with van der Waals surface area (Å²) in [6.45, 7) is 7.44. The van der Waals surface area contributed by atoms with Gasteiger partial charge in [0.05, 0.1) is 6.42 Å². The third-order valence-electron chi connectivity index (χ3n) is 3.25. The Balaban J connectivity index is 3.21. The molecular formula is C13H18F3N. The minimum absolute atomic E-state index is 0.639. The monoisotopic (exact) mass is 245 g/mol. The van der Waals surface area contributed by atoms with Crippen molar-refractivity contribution in [3.8, 4) is 0 Å². The molecule has 0 saturated carbocycles. The molecule has 0 aromatic heterocycles. The van der Waals surface area contributed by atoms with Crippen LogP contribution in [0.5, 0.6) is 0 Å². The van der Waals surface area contributed by atoms with E-state index in [1.807, 2.05) is 33.8 Å². The van der Waals surface area contributed by atoms with E-state index in [2.05, 4.69) is 0 Å². The maximum atomic E-state index is 12.4. The van der Waals surface area contributed by atoms with Gasteiger partial charge in [-0.15, -0.1) is 0 Å². The number of alkyl halides is 3. The number of nitrogens with two attached hydrogens (primary N) is 1. The van der Waals surface area contributed by atoms with Gasteiger partial charge in [-0.05, 0) is 55.5 Å². The summed E-state index contributed by atoms with van der Waals surface area (Å²) in [4.78, 5) is 0. The lowest BCUT2D eigenvalue weighted by molar-refractivity contribution is -0.138. The number of halogens is 3. The number of hydrogen-bond acceptors (Lipinski definition) is 1. The highest BCUT2D eigenvalue weighted by Gasteiger charge is 2.32. The van der Waals surface area contributed by atoms with Crippen molar-refractivity contribution in [1.29, 1.82) is 0 Å². The van der Waals surface area contributed by atoms with Gasteiger partial charge in [0, 0.05) is 6.04 Å². The first-order valence-electron chi connectivity index (χ1n) is 5.53. The van der Waals surface area contributed by atoms with Crippen molar-refractivity contribution in [1.82, 2.24) is 0 Å². The van der Waals surface area contributed by atoms with Gasteiger partial charge in [-0.3, -0.25) is 0 Å². The van der Waals surface area contributed by atoms with Crippen molar-refractivity contribution in [2.75, 3.05) is 0 Å². The van der Waals surface area contributed by atoms with Crippen LogP contribution in [0, 0.1) is 27.7 Å². The van der Waals surface area contributed by atoms with E-state index in [0.29, 0.717) is 5.56 Å². The van der Waals surface area contributed by atoms with Gasteiger partial charge < -0.3 is 5.73 Å². The third kappa shape index (κ3) is 3.22. The zero-order valence-corrected chi connectivity index (χ0v) is 10.6. The average molecular weight is 245 g/mol. The van der Waals surface area contributed by atoms with E-state index < -0.39 is 18.6 Å². The molecule has 0 saturated heterocycles. The molecule has 1 atom stereocenters. The lowest BCUT2D eigenvalue weighted by Crippen LogP contribution is -2.22. The van der Waals surface area contributed by atoms with Crippen molar-refractivity contribution < 1.29 is 13.2 Å². The Morgan fingerprint density at radius 1 is 1.06 bits per heavy atom. The second-order valence-electron chi connectivity index (χ2n) is 4.60. The average Bonchev–Trinajstić information content (AvgIpc) is 2.12. The zero-order valence-electron chi connectivity index (χ0n) is 10.6. The highest BCUT2D eigenvalue weighted by Crippen LogP contribution is 2.33. The highest BCUT2D eigenvalue weighted by atomic mass is 19.4. The molecule has 1 aromatic carbocycles. The summed E-state index contributed by atoms with van der Waals surface area (Å²) in [6.07, 6.45) is -5.20. The summed E-state index contributed by atoms with van der Waals surface area (Å²) in [5.41, 5.74) is 10.0. The van der Waals surface area contributed by atoms with Crippen LogP contribution in [0.15, 0.2) is 6.07 Å². The lowest BCUT2D eigenvalue weighted by Gasteiger charge is -2.22. The third-order valence-corrected chi connectivity index (χ3v) is 3.25. The summed E-state index contributed by atoms with van der Waals surface area (Å²) in [5, 5.41) is 0. The van der Waals surface area contributed by atoms with E-state index in [-0.39, 0.29) is 0 Å². The zero-order chi connectivity index (χ0) is 13.4. The molecule has 0 radical (unpaired) electrons. The van der Waals surface area contributed by atoms with E-state index in [1.165, 1.54) is 0 Å². The maximum absolute atomic E-state index is 12.4. The van der Waals surface area contributed by atoms with Gasteiger partial charge in [-0.2, -0.15) is 13.2 Å². The minimum atomic E-state index is -4.23. The van der Waals surface area contributed by atoms with Crippen molar-refractivity contribution >= 4 is 0 Å². The molecule has 0 fully saturated rings. The Kier molecular flexibility index (Phi) is 3.87. The van der Waals surface area contributed by atoms with Crippen molar-refractivity contribution in [2.24, 2.45) is 5.73 Å². The number of aryl methyl sites for hydroxylation is 2. The van der Waals surface area contributed by atoms with Crippen molar-refractivity contribution in [3.63, 3.8) is 0 Å². The molecule has 96 valence electrons. The second kappa shape index (κ2) is 4.69. The predicted molar refractivity (Wildman–Crippen MR) is 63.0 cm³/mol. The SMILES string of the molecule is Cc1cc(C)c(C)c(C(N)CC(F)(F)F)c1C. The van der Waals surface area contributed by atoms with Crippen LogP contribution in [0.4, 0.5) is 13.2 Å². The van der Waals surface area contributed by atoms with E-state index in [9.17, 15) is 13.2 Å². The summed E-state index contributed by atoms with van der Waals surface area (Å²) in [6, 6.07) is 1.00. The molecule has 0 aliphatic heterocycles. The molecule has 0 bridgehead atoms. The highest BCUT2D eigenvalue weighted by molar-refractivity contribution is 5.45. The van der Waals surface area contributed by atoms with Crippen molar-refractivity contribution in [2.45, 2.75) is 46.3 Å². The second-order valence-corrected chi connectivity index (χ2v) is 4.60. The van der Waals surface area contributed by atoms with E-state index in [0.717, 1.165) is 22.3 Å². The van der Waals surface area contributed by atoms with Gasteiger partial charge in [0.1, 0.15) is 0 Å². The summed E-state index contributed by atoms with van der Waals surface area (Å²) in [5.74, 6) is 0. The minimum Gasteiger partial charge on any atom is -0.324 e. The lowest BCUT2D eigenvalue weighted by atomic mass is 9.89. The number of hydrogen-bond donors (Lipinski definition) is 1. The standard InChI is InChI=1S/C13H18F3N/c1-7-5-8(2)10(4)12(9(7)3)11(17)6-13(14,15)16/h5,11H,6,17H2,1-4H3. The maximum Gasteiger partial charge on any atom is 0.390 e. The molecule has 17 heavy (non-hydrogen) atoms. The summed E-state index contributed by atoms with van der Waals surface area (Å²) in [7, 11) is 0. The molecule has 0 aliphatic carbocycles. The Labute approximate surface area is 99.8 Å². The van der Waals surface area contributed by atoms with E-state index in [1.54, 1.807) is 0 Å². The molecule has 1 unspecified atom stereocenters. The van der Waals surface area contributed by atoms with Crippen molar-refractivity contribution in [3.05, 3.63) is 33.9 Å². The molecular weight excluding hydrogens is 227 g/mol. The van der Waals surface area contributed by atoms with Gasteiger partial charge in [0.2, 0.25) is 0 Å². The van der Waals surface area contributed by atoms with Gasteiger partial charge >= 0.3 is 6.18 Å². The predicted octanol–water partition coefficient (Wildman–Crippen LogP) is 3.87. The molecule has 0 amide bonds. The molecule has 0 heterocycles. The Hall–Kier alpha value is -1.03. The van der Waals surface area contributed by atoms with E-state index >= 15 is 0 Å². The quantitative estimate of drug-likeness (QED) is 0.840. The van der Waals surface area contributed by atoms with E-state index in [4.69, 9.17) is 5.73 Å². The molecule has 4 heteroatoms. The molecule has 0 spiro atoms. The van der Waals surface area contributed by atoms with Crippen LogP contribution in [-0.4, -0.2) is 6.18 Å². The summed E-state index contributed by atoms with van der Waals surface area (Å²) >= 11 is 0. The van der Waals surface area contributed by atoms with Gasteiger partial charge in [0.15, 0.2) is 0 Å². The molecule has 0 aliphatic rings. The molecule has 2 N–H and O–H groups in total. The van der Waals surface area contributed by atoms with Crippen LogP contribution in [0.25, 0.3) is 0 Å². The Morgan fingerprint density at radius 3 is 1.82 bits per heavy atom. The van der Waals surface area contributed by atoms with Crippen LogP contribution in [0.2, 0.25) is 0 Å². The normalized spacial score (nSPS) is 13.9. The van der Waals surface area contributed by atoms with Crippen LogP contribution >= 0.6 is 0 Å². The number of benzene rings is 1. The molecule has 1 rings (SSSR count). The smallest absolute Gasteiger partial charge is 0.324 e. The number of rotatable bonds is 2. The fourth-order valence-electron chi connectivity index (χ4n) is 2.15. The fraction of sp³-hybridized carbons (Fsp3) is 0.538. The Bertz CT molecular complexity index is 395. The van der Waals surface area contributed by atoms with Crippen LogP contribution in [0.1, 0.15) is 40.3 Å². The Morgan fingerprint density at radius 2 is 1.47 bits per heavy atom. The van der Waals surface area contributed by atoms with Crippen LogP contribution in [0.3, 0.4) is 0 Å². The van der Waals surface area contributed by atoms with Gasteiger partial charge in [-0.25, -0.2) is 0 Å². The van der Waals surface area contributed by atoms with Gasteiger partial charge in [0.25, 0.3) is 0 Å². The first-order chi connectivity index (χ1) is 7.63. The van der Waals surface area contributed by atoms with Gasteiger partial charge in [-0.1, -0.05) is 6.07 Å². The first kappa shape index (κ1) is 14.0. The molecule has 1 aromatic rings. The topological polar surface area (TPSA) is 26.0 Å².